The van der Waals surface area contributed by atoms with E-state index in [4.69, 9.17) is 4.74 Å². The quantitative estimate of drug-likeness (QED) is 0.704. The zero-order chi connectivity index (χ0) is 16.1. The van der Waals surface area contributed by atoms with E-state index in [0.717, 1.165) is 17.0 Å². The lowest BCUT2D eigenvalue weighted by Gasteiger charge is -2.05. The standard InChI is InChI=1S/C17H15N3O2S/c1-22-14-9-7-12(8-10-14)15-11-23-17(18-15)20-19-16(21)13-5-3-2-4-6-13/h2-11H,1H3,(H,18,20)(H,19,21). The third kappa shape index (κ3) is 3.67. The first-order valence-electron chi connectivity index (χ1n) is 6.97. The van der Waals surface area contributed by atoms with Crippen molar-refractivity contribution in [1.29, 1.82) is 0 Å². The average molecular weight is 325 g/mol. The third-order valence-corrected chi connectivity index (χ3v) is 3.97. The Hall–Kier alpha value is -2.86. The van der Waals surface area contributed by atoms with E-state index >= 15 is 0 Å². The van der Waals surface area contributed by atoms with Gasteiger partial charge in [0.05, 0.1) is 12.8 Å². The summed E-state index contributed by atoms with van der Waals surface area (Å²) in [5.41, 5.74) is 7.90. The fraction of sp³-hybridized carbons (Fsp3) is 0.0588. The van der Waals surface area contributed by atoms with Gasteiger partial charge in [0.2, 0.25) is 5.13 Å². The molecule has 1 heterocycles. The van der Waals surface area contributed by atoms with Crippen LogP contribution >= 0.6 is 11.3 Å². The number of hydrogen-bond acceptors (Lipinski definition) is 5. The number of hydrogen-bond donors (Lipinski definition) is 2. The van der Waals surface area contributed by atoms with E-state index in [-0.39, 0.29) is 5.91 Å². The van der Waals surface area contributed by atoms with Gasteiger partial charge >= 0.3 is 0 Å². The molecule has 0 saturated heterocycles. The molecule has 3 rings (SSSR count). The van der Waals surface area contributed by atoms with E-state index in [9.17, 15) is 4.79 Å². The second-order valence-corrected chi connectivity index (χ2v) is 5.57. The lowest BCUT2D eigenvalue weighted by atomic mass is 10.2. The Bertz CT molecular complexity index is 785. The molecule has 23 heavy (non-hydrogen) atoms. The van der Waals surface area contributed by atoms with Crippen LogP contribution in [0, 0.1) is 0 Å². The Morgan fingerprint density at radius 2 is 1.83 bits per heavy atom. The average Bonchev–Trinajstić information content (AvgIpc) is 3.09. The van der Waals surface area contributed by atoms with E-state index in [2.05, 4.69) is 15.8 Å². The summed E-state index contributed by atoms with van der Waals surface area (Å²) >= 11 is 1.42. The van der Waals surface area contributed by atoms with Crippen LogP contribution in [0.3, 0.4) is 0 Å². The first-order chi connectivity index (χ1) is 11.3. The molecule has 3 aromatic rings. The molecule has 6 heteroatoms. The molecular weight excluding hydrogens is 310 g/mol. The van der Waals surface area contributed by atoms with Crippen molar-refractivity contribution < 1.29 is 9.53 Å². The molecule has 0 radical (unpaired) electrons. The van der Waals surface area contributed by atoms with Gasteiger partial charge in [-0.15, -0.1) is 11.3 Å². The zero-order valence-corrected chi connectivity index (χ0v) is 13.3. The Labute approximate surface area is 137 Å². The normalized spacial score (nSPS) is 10.1. The molecule has 2 N–H and O–H groups in total. The Balaban J connectivity index is 1.64. The maximum absolute atomic E-state index is 12.0. The molecule has 0 bridgehead atoms. The second-order valence-electron chi connectivity index (χ2n) is 4.71. The highest BCUT2D eigenvalue weighted by Gasteiger charge is 2.07. The molecule has 116 valence electrons. The molecule has 0 aliphatic carbocycles. The summed E-state index contributed by atoms with van der Waals surface area (Å²) in [6.07, 6.45) is 0. The third-order valence-electron chi connectivity index (χ3n) is 3.21. The maximum Gasteiger partial charge on any atom is 0.269 e. The number of rotatable bonds is 5. The molecule has 5 nitrogen and oxygen atoms in total. The molecule has 0 unspecified atom stereocenters. The number of thiazole rings is 1. The minimum absolute atomic E-state index is 0.202. The number of benzene rings is 2. The SMILES string of the molecule is COc1ccc(-c2csc(NNC(=O)c3ccccc3)n2)cc1. The van der Waals surface area contributed by atoms with Crippen molar-refractivity contribution in [2.24, 2.45) is 0 Å². The summed E-state index contributed by atoms with van der Waals surface area (Å²) in [6, 6.07) is 16.7. The van der Waals surface area contributed by atoms with Gasteiger partial charge in [-0.25, -0.2) is 4.98 Å². The van der Waals surface area contributed by atoms with Crippen molar-refractivity contribution >= 4 is 22.4 Å². The predicted molar refractivity (Wildman–Crippen MR) is 91.6 cm³/mol. The number of carbonyl (C=O) groups is 1. The molecule has 1 amide bonds. The van der Waals surface area contributed by atoms with Crippen molar-refractivity contribution in [2.75, 3.05) is 12.5 Å². The number of nitrogens with one attached hydrogen (secondary N) is 2. The minimum atomic E-state index is -0.202. The molecular formula is C17H15N3O2S. The number of aromatic nitrogens is 1. The molecule has 0 aliphatic rings. The van der Waals surface area contributed by atoms with Crippen LogP contribution in [0.15, 0.2) is 60.0 Å². The van der Waals surface area contributed by atoms with Crippen LogP contribution in [-0.4, -0.2) is 18.0 Å². The Kier molecular flexibility index (Phi) is 4.54. The van der Waals surface area contributed by atoms with E-state index in [1.165, 1.54) is 11.3 Å². The Morgan fingerprint density at radius 3 is 2.52 bits per heavy atom. The van der Waals surface area contributed by atoms with Gasteiger partial charge < -0.3 is 4.74 Å². The van der Waals surface area contributed by atoms with Crippen molar-refractivity contribution in [3.8, 4) is 17.0 Å². The van der Waals surface area contributed by atoms with Gasteiger partial charge in [0, 0.05) is 16.5 Å². The zero-order valence-electron chi connectivity index (χ0n) is 12.4. The van der Waals surface area contributed by atoms with E-state index in [1.807, 2.05) is 47.8 Å². The van der Waals surface area contributed by atoms with Crippen LogP contribution in [0.25, 0.3) is 11.3 Å². The first kappa shape index (κ1) is 15.1. The number of carbonyl (C=O) groups excluding carboxylic acids is 1. The highest BCUT2D eigenvalue weighted by molar-refractivity contribution is 7.14. The highest BCUT2D eigenvalue weighted by atomic mass is 32.1. The summed E-state index contributed by atoms with van der Waals surface area (Å²) in [4.78, 5) is 16.4. The van der Waals surface area contributed by atoms with Crippen molar-refractivity contribution in [2.45, 2.75) is 0 Å². The van der Waals surface area contributed by atoms with Gasteiger partial charge in [-0.05, 0) is 36.4 Å². The summed E-state index contributed by atoms with van der Waals surface area (Å²) in [6.45, 7) is 0. The fourth-order valence-electron chi connectivity index (χ4n) is 2.00. The van der Waals surface area contributed by atoms with Crippen LogP contribution in [0.1, 0.15) is 10.4 Å². The largest absolute Gasteiger partial charge is 0.497 e. The molecule has 0 aliphatic heterocycles. The van der Waals surface area contributed by atoms with E-state index < -0.39 is 0 Å². The molecule has 0 spiro atoms. The molecule has 0 atom stereocenters. The maximum atomic E-state index is 12.0. The predicted octanol–water partition coefficient (Wildman–Crippen LogP) is 3.58. The highest BCUT2D eigenvalue weighted by Crippen LogP contribution is 2.26. The summed E-state index contributed by atoms with van der Waals surface area (Å²) in [5.74, 6) is 0.601. The van der Waals surface area contributed by atoms with Gasteiger partial charge in [0.15, 0.2) is 0 Å². The van der Waals surface area contributed by atoms with Gasteiger partial charge in [0.25, 0.3) is 5.91 Å². The molecule has 0 fully saturated rings. The van der Waals surface area contributed by atoms with Crippen LogP contribution in [0.5, 0.6) is 5.75 Å². The smallest absolute Gasteiger partial charge is 0.269 e. The van der Waals surface area contributed by atoms with Gasteiger partial charge in [-0.1, -0.05) is 18.2 Å². The van der Waals surface area contributed by atoms with Crippen molar-refractivity contribution in [1.82, 2.24) is 10.4 Å². The molecule has 2 aromatic carbocycles. The number of anilines is 1. The van der Waals surface area contributed by atoms with Gasteiger partial charge in [-0.3, -0.25) is 15.6 Å². The number of amides is 1. The Morgan fingerprint density at radius 1 is 1.09 bits per heavy atom. The second kappa shape index (κ2) is 6.93. The van der Waals surface area contributed by atoms with Crippen LogP contribution in [-0.2, 0) is 0 Å². The molecule has 0 saturated carbocycles. The number of ether oxygens (including phenoxy) is 1. The lowest BCUT2D eigenvalue weighted by molar-refractivity contribution is 0.0962. The van der Waals surface area contributed by atoms with Crippen molar-refractivity contribution in [3.63, 3.8) is 0 Å². The minimum Gasteiger partial charge on any atom is -0.497 e. The summed E-state index contributed by atoms with van der Waals surface area (Å²) in [5, 5.41) is 2.55. The fourth-order valence-corrected chi connectivity index (χ4v) is 2.67. The van der Waals surface area contributed by atoms with E-state index in [0.29, 0.717) is 10.7 Å². The monoisotopic (exact) mass is 325 g/mol. The van der Waals surface area contributed by atoms with Crippen molar-refractivity contribution in [3.05, 3.63) is 65.5 Å². The number of hydrazine groups is 1. The molecule has 1 aromatic heterocycles. The first-order valence-corrected chi connectivity index (χ1v) is 7.85. The van der Waals surface area contributed by atoms with Gasteiger partial charge in [0.1, 0.15) is 5.75 Å². The summed E-state index contributed by atoms with van der Waals surface area (Å²) < 4.78 is 5.14. The van der Waals surface area contributed by atoms with Crippen LogP contribution < -0.4 is 15.6 Å². The number of methoxy groups -OCH3 is 1. The van der Waals surface area contributed by atoms with Gasteiger partial charge in [-0.2, -0.15) is 0 Å². The van der Waals surface area contributed by atoms with Crippen LogP contribution in [0.2, 0.25) is 0 Å². The number of nitrogens with zero attached hydrogens (tertiary/aromatic N) is 1. The topological polar surface area (TPSA) is 63.2 Å². The summed E-state index contributed by atoms with van der Waals surface area (Å²) in [7, 11) is 1.63. The lowest BCUT2D eigenvalue weighted by Crippen LogP contribution is -2.29. The van der Waals surface area contributed by atoms with E-state index in [1.54, 1.807) is 19.2 Å². The van der Waals surface area contributed by atoms with Crippen LogP contribution in [0.4, 0.5) is 5.13 Å².